The Morgan fingerprint density at radius 2 is 1.75 bits per heavy atom. The lowest BCUT2D eigenvalue weighted by molar-refractivity contribution is -0.184. The molecule has 0 bridgehead atoms. The van der Waals surface area contributed by atoms with Crippen molar-refractivity contribution in [3.8, 4) is 17.1 Å². The maximum Gasteiger partial charge on any atom is 0.230 e. The summed E-state index contributed by atoms with van der Waals surface area (Å²) in [7, 11) is 6.89. The van der Waals surface area contributed by atoms with Gasteiger partial charge in [0.2, 0.25) is 11.7 Å². The maximum absolute atomic E-state index is 14.3. The molecule has 6 atom stereocenters. The highest BCUT2D eigenvalue weighted by molar-refractivity contribution is 6.25. The predicted octanol–water partition coefficient (Wildman–Crippen LogP) is -0.435. The number of likely N-dealkylation sites (N-methyl/N-ethyl adjacent to an activating group) is 1. The molecule has 1 aliphatic heterocycles. The van der Waals surface area contributed by atoms with E-state index >= 15 is 0 Å². The Bertz CT molecular complexity index is 1660. The van der Waals surface area contributed by atoms with Gasteiger partial charge < -0.3 is 45.5 Å². The summed E-state index contributed by atoms with van der Waals surface area (Å²) < 4.78 is 6.20. The van der Waals surface area contributed by atoms with Crippen molar-refractivity contribution in [1.29, 1.82) is 0 Å². The first-order valence-corrected chi connectivity index (χ1v) is 16.3. The number of anilines is 1. The molecule has 14 heteroatoms. The van der Waals surface area contributed by atoms with Crippen molar-refractivity contribution in [3.63, 3.8) is 0 Å². The van der Waals surface area contributed by atoms with Gasteiger partial charge in [-0.1, -0.05) is 0 Å². The standard InChI is InChI=1S/C34H45N5O9/c1-36(2)22-15-20(23-6-5-18(48-23)16-39-9-7-38(8-10-39)11-12-40)28(41)25-19(22)13-17-14-21-27(37(3)4)30(43)26(33(35)46)32(45)34(21,47)31(44)24(17)29(25)42/h5-6,15,17,21,26-27,30,40-43,47H,7-14,16H2,1-4H3,(H2,35,46)/t17-,21-,26?,27-,30?,34-/m0/s1. The van der Waals surface area contributed by atoms with Crippen LogP contribution in [-0.2, 0) is 27.3 Å². The number of carbonyl (C=O) groups excluding carboxylic acids is 3. The summed E-state index contributed by atoms with van der Waals surface area (Å²) in [6.45, 7) is 4.61. The Labute approximate surface area is 278 Å². The molecule has 3 fully saturated rings. The van der Waals surface area contributed by atoms with Crippen molar-refractivity contribution in [2.24, 2.45) is 23.5 Å². The quantitative estimate of drug-likeness (QED) is 0.198. The maximum atomic E-state index is 14.3. The number of benzene rings is 1. The summed E-state index contributed by atoms with van der Waals surface area (Å²) in [6.07, 6.45) is -1.30. The molecule has 3 aliphatic carbocycles. The second-order valence-electron chi connectivity index (χ2n) is 13.9. The highest BCUT2D eigenvalue weighted by Crippen LogP contribution is 2.54. The van der Waals surface area contributed by atoms with E-state index in [0.29, 0.717) is 41.4 Å². The number of hydrogen-bond acceptors (Lipinski definition) is 13. The number of primary amides is 1. The van der Waals surface area contributed by atoms with Gasteiger partial charge in [0.25, 0.3) is 0 Å². The van der Waals surface area contributed by atoms with Crippen molar-refractivity contribution < 1.29 is 44.3 Å². The van der Waals surface area contributed by atoms with Crippen molar-refractivity contribution >= 4 is 28.9 Å². The molecular weight excluding hydrogens is 622 g/mol. The third-order valence-electron chi connectivity index (χ3n) is 10.7. The van der Waals surface area contributed by atoms with Crippen LogP contribution in [0.5, 0.6) is 5.75 Å². The monoisotopic (exact) mass is 667 g/mol. The lowest BCUT2D eigenvalue weighted by atomic mass is 9.54. The number of ketones is 2. The number of furan rings is 1. The molecule has 2 heterocycles. The van der Waals surface area contributed by atoms with Gasteiger partial charge in [0.05, 0.1) is 30.4 Å². The summed E-state index contributed by atoms with van der Waals surface area (Å²) in [5, 5.41) is 55.8. The zero-order valence-electron chi connectivity index (χ0n) is 27.7. The minimum Gasteiger partial charge on any atom is -0.507 e. The average Bonchev–Trinajstić information content (AvgIpc) is 3.47. The van der Waals surface area contributed by atoms with E-state index in [9.17, 15) is 39.9 Å². The summed E-state index contributed by atoms with van der Waals surface area (Å²) in [6, 6.07) is 4.39. The number of hydrogen-bond donors (Lipinski definition) is 6. The van der Waals surface area contributed by atoms with Crippen LogP contribution in [0.4, 0.5) is 5.69 Å². The number of piperazine rings is 1. The third kappa shape index (κ3) is 5.31. The van der Waals surface area contributed by atoms with Gasteiger partial charge >= 0.3 is 0 Å². The molecule has 6 rings (SSSR count). The summed E-state index contributed by atoms with van der Waals surface area (Å²) >= 11 is 0. The number of amides is 1. The SMILES string of the molecule is CN(C)c1cc(-c2ccc(CN3CCN(CCO)CC3)o2)c(O)c2c1C[C@H]1C[C@H]3[C@H](N(C)C)C(O)C(C(N)=O)C(=O)[C@@]3(O)C(=O)C1=C2O. The number of nitrogens with zero attached hydrogens (tertiary/aromatic N) is 4. The van der Waals surface area contributed by atoms with Crippen molar-refractivity contribution in [2.45, 2.75) is 37.1 Å². The molecule has 4 aliphatic rings. The summed E-state index contributed by atoms with van der Waals surface area (Å²) in [4.78, 5) is 48.1. The molecule has 0 radical (unpaired) electrons. The normalized spacial score (nSPS) is 29.5. The zero-order valence-corrected chi connectivity index (χ0v) is 27.7. The van der Waals surface area contributed by atoms with E-state index < -0.39 is 58.7 Å². The Morgan fingerprint density at radius 1 is 1.08 bits per heavy atom. The number of rotatable bonds is 8. The van der Waals surface area contributed by atoms with Crippen LogP contribution in [0, 0.1) is 17.8 Å². The first-order valence-electron chi connectivity index (χ1n) is 16.3. The lowest BCUT2D eigenvalue weighted by Crippen LogP contribution is -2.73. The third-order valence-corrected chi connectivity index (χ3v) is 10.7. The Hall–Kier alpha value is -3.79. The predicted molar refractivity (Wildman–Crippen MR) is 175 cm³/mol. The first-order chi connectivity index (χ1) is 22.7. The Kier molecular flexibility index (Phi) is 8.94. The molecule has 7 N–H and O–H groups in total. The molecular formula is C34H45N5O9. The van der Waals surface area contributed by atoms with Gasteiger partial charge in [-0.25, -0.2) is 0 Å². The molecule has 1 saturated heterocycles. The van der Waals surface area contributed by atoms with E-state index in [2.05, 4.69) is 9.80 Å². The number of aliphatic hydroxyl groups is 4. The first kappa shape index (κ1) is 34.1. The number of β-amino-alcohol motifs (C(OH)–C–C–N with tert-alkyl or cyclic N) is 1. The number of nitrogens with two attached hydrogens (primary N) is 1. The number of carbonyl (C=O) groups is 3. The number of fused-ring (bicyclic) bond motifs is 3. The van der Waals surface area contributed by atoms with E-state index in [1.54, 1.807) is 31.1 Å². The number of Topliss-reactive ketones (excluding diaryl/α,β-unsaturated/α-hetero) is 2. The molecule has 2 aromatic rings. The highest BCUT2D eigenvalue weighted by atomic mass is 16.3. The number of aromatic hydroxyl groups is 1. The minimum absolute atomic E-state index is 0.00899. The number of phenolic OH excluding ortho intramolecular Hbond substituents is 1. The van der Waals surface area contributed by atoms with Gasteiger partial charge in [-0.2, -0.15) is 0 Å². The molecule has 0 spiro atoms. The fraction of sp³-hybridized carbons (Fsp3) is 0.559. The molecule has 14 nitrogen and oxygen atoms in total. The number of phenols is 1. The fourth-order valence-corrected chi connectivity index (χ4v) is 8.38. The molecule has 1 aromatic carbocycles. The zero-order chi connectivity index (χ0) is 34.8. The minimum atomic E-state index is -2.72. The Morgan fingerprint density at radius 3 is 2.35 bits per heavy atom. The van der Waals surface area contributed by atoms with Crippen LogP contribution in [0.1, 0.15) is 23.3 Å². The molecule has 1 aromatic heterocycles. The summed E-state index contributed by atoms with van der Waals surface area (Å²) in [5.41, 5.74) is 4.12. The number of aliphatic hydroxyl groups excluding tert-OH is 3. The van der Waals surface area contributed by atoms with E-state index in [1.807, 2.05) is 25.1 Å². The molecule has 260 valence electrons. The molecule has 48 heavy (non-hydrogen) atoms. The van der Waals surface area contributed by atoms with Crippen LogP contribution in [0.2, 0.25) is 0 Å². The average molecular weight is 668 g/mol. The second-order valence-corrected chi connectivity index (χ2v) is 13.9. The van der Waals surface area contributed by atoms with E-state index in [4.69, 9.17) is 10.2 Å². The van der Waals surface area contributed by atoms with Gasteiger partial charge in [-0.15, -0.1) is 0 Å². The van der Waals surface area contributed by atoms with Crippen molar-refractivity contribution in [1.82, 2.24) is 14.7 Å². The molecule has 2 saturated carbocycles. The Balaban J connectivity index is 1.39. The molecule has 2 unspecified atom stereocenters. The van der Waals surface area contributed by atoms with E-state index in [0.717, 1.165) is 26.2 Å². The van der Waals surface area contributed by atoms with Crippen molar-refractivity contribution in [2.75, 3.05) is 72.4 Å². The van der Waals surface area contributed by atoms with E-state index in [-0.39, 0.29) is 36.3 Å². The lowest BCUT2D eigenvalue weighted by Gasteiger charge is -2.53. The largest absolute Gasteiger partial charge is 0.507 e. The van der Waals surface area contributed by atoms with Crippen LogP contribution in [0.15, 0.2) is 28.2 Å². The second kappa shape index (κ2) is 12.6. The van der Waals surface area contributed by atoms with Crippen molar-refractivity contribution in [3.05, 3.63) is 40.7 Å². The van der Waals surface area contributed by atoms with E-state index in [1.165, 1.54) is 0 Å². The van der Waals surface area contributed by atoms with Gasteiger partial charge in [-0.05, 0) is 56.6 Å². The highest BCUT2D eigenvalue weighted by Gasteiger charge is 2.67. The van der Waals surface area contributed by atoms with Gasteiger partial charge in [-0.3, -0.25) is 24.2 Å². The smallest absolute Gasteiger partial charge is 0.230 e. The van der Waals surface area contributed by atoms with Gasteiger partial charge in [0.1, 0.15) is 28.9 Å². The summed E-state index contributed by atoms with van der Waals surface area (Å²) in [5.74, 6) is -6.80. The van der Waals surface area contributed by atoms with Crippen LogP contribution in [-0.4, -0.2) is 143 Å². The topological polar surface area (TPSA) is 204 Å². The van der Waals surface area contributed by atoms with Gasteiger partial charge in [0, 0.05) is 70.0 Å². The van der Waals surface area contributed by atoms with Crippen LogP contribution in [0.3, 0.4) is 0 Å². The molecule has 1 amide bonds. The van der Waals surface area contributed by atoms with Gasteiger partial charge in [0.15, 0.2) is 11.4 Å². The van der Waals surface area contributed by atoms with Crippen LogP contribution < -0.4 is 10.6 Å². The van der Waals surface area contributed by atoms with Crippen LogP contribution >= 0.6 is 0 Å². The fourth-order valence-electron chi connectivity index (χ4n) is 8.38. The van der Waals surface area contributed by atoms with Crippen LogP contribution in [0.25, 0.3) is 17.1 Å².